The zero-order valence-electron chi connectivity index (χ0n) is 12.9. The number of aliphatic hydroxyl groups is 1. The summed E-state index contributed by atoms with van der Waals surface area (Å²) in [7, 11) is 1.73. The molecule has 0 aliphatic heterocycles. The average Bonchev–Trinajstić information content (AvgIpc) is 2.75. The molecule has 21 heavy (non-hydrogen) atoms. The van der Waals surface area contributed by atoms with Crippen molar-refractivity contribution in [3.63, 3.8) is 0 Å². The maximum Gasteiger partial charge on any atom is 0.256 e. The number of nitrogens with zero attached hydrogens (tertiary/aromatic N) is 2. The zero-order chi connectivity index (χ0) is 15.6. The van der Waals surface area contributed by atoms with Crippen LogP contribution >= 0.6 is 11.6 Å². The molecule has 1 saturated carbocycles. The molecule has 1 amide bonds. The molecular formula is C15H24ClN3O2. The Labute approximate surface area is 130 Å². The first kappa shape index (κ1) is 16.3. The molecule has 0 saturated heterocycles. The molecule has 1 fully saturated rings. The number of aliphatic hydroxyl groups excluding tert-OH is 1. The van der Waals surface area contributed by atoms with Gasteiger partial charge in [0, 0.05) is 19.0 Å². The van der Waals surface area contributed by atoms with Crippen LogP contribution in [-0.2, 0) is 13.5 Å². The van der Waals surface area contributed by atoms with Gasteiger partial charge in [-0.05, 0) is 19.3 Å². The summed E-state index contributed by atoms with van der Waals surface area (Å²) in [5.41, 5.74) is 0.902. The quantitative estimate of drug-likeness (QED) is 0.896. The molecule has 0 bridgehead atoms. The second-order valence-corrected chi connectivity index (χ2v) is 6.55. The third kappa shape index (κ3) is 3.24. The first-order valence-electron chi connectivity index (χ1n) is 7.56. The highest BCUT2D eigenvalue weighted by Crippen LogP contribution is 2.35. The SMILES string of the molecule is CCc1nn(C)c(Cl)c1C(=O)NCC1(C)CCCCC1O. The molecule has 0 spiro atoms. The Kier molecular flexibility index (Phi) is 4.94. The van der Waals surface area contributed by atoms with Gasteiger partial charge >= 0.3 is 0 Å². The number of amides is 1. The van der Waals surface area contributed by atoms with Gasteiger partial charge in [0.2, 0.25) is 0 Å². The zero-order valence-corrected chi connectivity index (χ0v) is 13.7. The molecule has 0 aromatic carbocycles. The van der Waals surface area contributed by atoms with Crippen LogP contribution in [0.15, 0.2) is 0 Å². The number of carbonyl (C=O) groups excluding carboxylic acids is 1. The van der Waals surface area contributed by atoms with Crippen LogP contribution in [0, 0.1) is 5.41 Å². The lowest BCUT2D eigenvalue weighted by molar-refractivity contribution is 0.00190. The van der Waals surface area contributed by atoms with E-state index in [0.29, 0.717) is 29.4 Å². The standard InChI is InChI=1S/C15H24ClN3O2/c1-4-10-12(13(16)19(3)18-10)14(21)17-9-15(2)8-6-5-7-11(15)20/h11,20H,4-9H2,1-3H3,(H,17,21). The summed E-state index contributed by atoms with van der Waals surface area (Å²) in [6.45, 7) is 4.44. The van der Waals surface area contributed by atoms with Crippen LogP contribution in [0.1, 0.15) is 55.6 Å². The predicted molar refractivity (Wildman–Crippen MR) is 82.5 cm³/mol. The molecule has 2 unspecified atom stereocenters. The average molecular weight is 314 g/mol. The minimum atomic E-state index is -0.360. The Morgan fingerprint density at radius 3 is 2.90 bits per heavy atom. The van der Waals surface area contributed by atoms with Crippen LogP contribution in [-0.4, -0.2) is 33.4 Å². The Morgan fingerprint density at radius 2 is 2.29 bits per heavy atom. The van der Waals surface area contributed by atoms with E-state index in [0.717, 1.165) is 25.7 Å². The van der Waals surface area contributed by atoms with Gasteiger partial charge in [-0.3, -0.25) is 9.48 Å². The number of aromatic nitrogens is 2. The fourth-order valence-corrected chi connectivity index (χ4v) is 3.22. The molecule has 2 atom stereocenters. The molecule has 118 valence electrons. The second-order valence-electron chi connectivity index (χ2n) is 6.19. The third-order valence-electron chi connectivity index (χ3n) is 4.54. The summed E-state index contributed by atoms with van der Waals surface area (Å²) in [5.74, 6) is -0.205. The molecule has 1 aliphatic carbocycles. The molecule has 5 nitrogen and oxygen atoms in total. The number of hydrogen-bond donors (Lipinski definition) is 2. The highest BCUT2D eigenvalue weighted by atomic mass is 35.5. The van der Waals surface area contributed by atoms with Crippen LogP contribution in [0.25, 0.3) is 0 Å². The van der Waals surface area contributed by atoms with E-state index in [1.54, 1.807) is 7.05 Å². The Hall–Kier alpha value is -1.07. The summed E-state index contributed by atoms with van der Waals surface area (Å²) in [6.07, 6.45) is 4.18. The van der Waals surface area contributed by atoms with Crippen LogP contribution in [0.2, 0.25) is 5.15 Å². The van der Waals surface area contributed by atoms with Crippen LogP contribution in [0.5, 0.6) is 0 Å². The molecule has 1 aromatic rings. The predicted octanol–water partition coefficient (Wildman–Crippen LogP) is 2.31. The lowest BCUT2D eigenvalue weighted by atomic mass is 9.73. The molecule has 6 heteroatoms. The molecule has 1 aromatic heterocycles. The van der Waals surface area contributed by atoms with Crippen molar-refractivity contribution < 1.29 is 9.90 Å². The number of carbonyl (C=O) groups is 1. The number of hydrogen-bond acceptors (Lipinski definition) is 3. The lowest BCUT2D eigenvalue weighted by Gasteiger charge is -2.38. The third-order valence-corrected chi connectivity index (χ3v) is 4.98. The van der Waals surface area contributed by atoms with Crippen molar-refractivity contribution in [1.29, 1.82) is 0 Å². The summed E-state index contributed by atoms with van der Waals surface area (Å²) in [4.78, 5) is 12.4. The van der Waals surface area contributed by atoms with Crippen molar-refractivity contribution in [2.45, 2.75) is 52.1 Å². The Morgan fingerprint density at radius 1 is 1.57 bits per heavy atom. The normalized spacial score (nSPS) is 25.9. The second kappa shape index (κ2) is 6.36. The van der Waals surface area contributed by atoms with Gasteiger partial charge in [-0.25, -0.2) is 0 Å². The van der Waals surface area contributed by atoms with Crippen molar-refractivity contribution in [2.24, 2.45) is 12.5 Å². The fourth-order valence-electron chi connectivity index (χ4n) is 2.99. The molecule has 2 rings (SSSR count). The first-order valence-corrected chi connectivity index (χ1v) is 7.94. The maximum atomic E-state index is 12.4. The summed E-state index contributed by atoms with van der Waals surface area (Å²) in [6, 6.07) is 0. The van der Waals surface area contributed by atoms with Crippen molar-refractivity contribution in [3.8, 4) is 0 Å². The van der Waals surface area contributed by atoms with Gasteiger partial charge in [0.1, 0.15) is 5.15 Å². The highest BCUT2D eigenvalue weighted by Gasteiger charge is 2.36. The van der Waals surface area contributed by atoms with E-state index in [4.69, 9.17) is 11.6 Å². The minimum Gasteiger partial charge on any atom is -0.392 e. The van der Waals surface area contributed by atoms with Gasteiger partial charge < -0.3 is 10.4 Å². The summed E-state index contributed by atoms with van der Waals surface area (Å²) < 4.78 is 1.52. The molecular weight excluding hydrogens is 290 g/mol. The largest absolute Gasteiger partial charge is 0.392 e. The van der Waals surface area contributed by atoms with Crippen LogP contribution in [0.3, 0.4) is 0 Å². The van der Waals surface area contributed by atoms with E-state index < -0.39 is 0 Å². The Bertz CT molecular complexity index is 529. The summed E-state index contributed by atoms with van der Waals surface area (Å²) in [5, 5.41) is 17.7. The number of halogens is 1. The first-order chi connectivity index (χ1) is 9.89. The van der Waals surface area contributed by atoms with Gasteiger partial charge in [-0.15, -0.1) is 0 Å². The van der Waals surface area contributed by atoms with E-state index in [9.17, 15) is 9.90 Å². The van der Waals surface area contributed by atoms with Crippen LogP contribution < -0.4 is 5.32 Å². The van der Waals surface area contributed by atoms with Gasteiger partial charge in [0.05, 0.1) is 17.4 Å². The van der Waals surface area contributed by atoms with Gasteiger partial charge in [0.15, 0.2) is 0 Å². The van der Waals surface area contributed by atoms with Crippen molar-refractivity contribution >= 4 is 17.5 Å². The van der Waals surface area contributed by atoms with E-state index in [-0.39, 0.29) is 17.4 Å². The Balaban J connectivity index is 2.08. The lowest BCUT2D eigenvalue weighted by Crippen LogP contribution is -2.45. The molecule has 0 radical (unpaired) electrons. The number of aryl methyl sites for hydroxylation is 2. The van der Waals surface area contributed by atoms with Gasteiger partial charge in [-0.1, -0.05) is 38.3 Å². The van der Waals surface area contributed by atoms with E-state index in [2.05, 4.69) is 10.4 Å². The van der Waals surface area contributed by atoms with Crippen molar-refractivity contribution in [3.05, 3.63) is 16.4 Å². The minimum absolute atomic E-state index is 0.205. The van der Waals surface area contributed by atoms with E-state index >= 15 is 0 Å². The van der Waals surface area contributed by atoms with Gasteiger partial charge in [-0.2, -0.15) is 5.10 Å². The summed E-state index contributed by atoms with van der Waals surface area (Å²) >= 11 is 6.16. The number of rotatable bonds is 4. The van der Waals surface area contributed by atoms with Crippen LogP contribution in [0.4, 0.5) is 0 Å². The fraction of sp³-hybridized carbons (Fsp3) is 0.733. The topological polar surface area (TPSA) is 67.2 Å². The molecule has 1 aliphatic rings. The monoisotopic (exact) mass is 313 g/mol. The number of nitrogens with one attached hydrogen (secondary N) is 1. The molecule has 1 heterocycles. The van der Waals surface area contributed by atoms with Crippen molar-refractivity contribution in [1.82, 2.24) is 15.1 Å². The molecule has 2 N–H and O–H groups in total. The van der Waals surface area contributed by atoms with E-state index in [1.807, 2.05) is 13.8 Å². The maximum absolute atomic E-state index is 12.4. The van der Waals surface area contributed by atoms with E-state index in [1.165, 1.54) is 4.68 Å². The van der Waals surface area contributed by atoms with Gasteiger partial charge in [0.25, 0.3) is 5.91 Å². The highest BCUT2D eigenvalue weighted by molar-refractivity contribution is 6.33. The van der Waals surface area contributed by atoms with Crippen molar-refractivity contribution in [2.75, 3.05) is 6.54 Å². The smallest absolute Gasteiger partial charge is 0.256 e.